The lowest BCUT2D eigenvalue weighted by Gasteiger charge is -2.10. The minimum atomic E-state index is -3.88. The van der Waals surface area contributed by atoms with Crippen LogP contribution >= 0.6 is 0 Å². The van der Waals surface area contributed by atoms with E-state index in [1.165, 1.54) is 18.2 Å². The van der Waals surface area contributed by atoms with Crippen molar-refractivity contribution in [3.63, 3.8) is 0 Å². The average Bonchev–Trinajstić information content (AvgIpc) is 3.01. The van der Waals surface area contributed by atoms with Gasteiger partial charge in [-0.2, -0.15) is 13.4 Å². The van der Waals surface area contributed by atoms with Gasteiger partial charge in [-0.15, -0.1) is 0 Å². The Hall–Kier alpha value is -2.23. The molecule has 0 amide bonds. The first kappa shape index (κ1) is 18.6. The predicted octanol–water partition coefficient (Wildman–Crippen LogP) is 1.25. The van der Waals surface area contributed by atoms with E-state index in [0.717, 1.165) is 5.56 Å². The molecule has 0 fully saturated rings. The molecular formula is C17H20N2O6S. The number of hydrogen-bond acceptors (Lipinski definition) is 7. The summed E-state index contributed by atoms with van der Waals surface area (Å²) in [5, 5.41) is 0. The molecule has 140 valence electrons. The van der Waals surface area contributed by atoms with Crippen LogP contribution in [0.5, 0.6) is 6.01 Å². The van der Waals surface area contributed by atoms with E-state index in [4.69, 9.17) is 13.7 Å². The Morgan fingerprint density at radius 2 is 2.04 bits per heavy atom. The van der Waals surface area contributed by atoms with E-state index in [2.05, 4.69) is 4.98 Å². The maximum atomic E-state index is 12.3. The van der Waals surface area contributed by atoms with Gasteiger partial charge in [-0.25, -0.2) is 0 Å². The summed E-state index contributed by atoms with van der Waals surface area (Å²) in [4.78, 5) is 15.6. The third-order valence-electron chi connectivity index (χ3n) is 3.90. The van der Waals surface area contributed by atoms with Gasteiger partial charge in [0.05, 0.1) is 23.7 Å². The average molecular weight is 380 g/mol. The first-order valence-corrected chi connectivity index (χ1v) is 9.61. The van der Waals surface area contributed by atoms with Crippen molar-refractivity contribution in [3.05, 3.63) is 51.9 Å². The van der Waals surface area contributed by atoms with E-state index < -0.39 is 21.8 Å². The fraction of sp³-hybridized carbons (Fsp3) is 0.412. The van der Waals surface area contributed by atoms with Crippen molar-refractivity contribution in [2.24, 2.45) is 0 Å². The summed E-state index contributed by atoms with van der Waals surface area (Å²) in [5.74, 6) is 0. The Kier molecular flexibility index (Phi) is 5.40. The first-order valence-electron chi connectivity index (χ1n) is 8.20. The van der Waals surface area contributed by atoms with Gasteiger partial charge < -0.3 is 9.47 Å². The molecule has 1 aliphatic rings. The van der Waals surface area contributed by atoms with Crippen LogP contribution in [0.15, 0.2) is 40.0 Å². The predicted molar refractivity (Wildman–Crippen MR) is 92.6 cm³/mol. The third kappa shape index (κ3) is 4.12. The standard InChI is InChI=1S/C17H20N2O6S/c1-3-23-10-13-8-16(20)18-17-19(13)9-14(25-17)11-24-26(21,22)15-6-4-12(2)5-7-15/h4-8,14H,3,9-11H2,1-2H3/t14-/m0/s1. The van der Waals surface area contributed by atoms with E-state index in [1.807, 2.05) is 13.8 Å². The van der Waals surface area contributed by atoms with Crippen LogP contribution in [0.3, 0.4) is 0 Å². The van der Waals surface area contributed by atoms with Crippen LogP contribution in [-0.4, -0.2) is 37.3 Å². The molecule has 3 rings (SSSR count). The lowest BCUT2D eigenvalue weighted by molar-refractivity contribution is 0.127. The van der Waals surface area contributed by atoms with E-state index in [9.17, 15) is 13.2 Å². The van der Waals surface area contributed by atoms with Crippen LogP contribution in [0, 0.1) is 6.92 Å². The zero-order valence-corrected chi connectivity index (χ0v) is 15.4. The van der Waals surface area contributed by atoms with Crippen molar-refractivity contribution in [1.29, 1.82) is 0 Å². The minimum absolute atomic E-state index is 0.0864. The molecular weight excluding hydrogens is 360 g/mol. The normalized spacial score (nSPS) is 16.3. The second-order valence-corrected chi connectivity index (χ2v) is 7.52. The lowest BCUT2D eigenvalue weighted by atomic mass is 10.2. The molecule has 0 unspecified atom stereocenters. The van der Waals surface area contributed by atoms with Crippen LogP contribution < -0.4 is 10.3 Å². The Morgan fingerprint density at radius 1 is 1.31 bits per heavy atom. The van der Waals surface area contributed by atoms with Gasteiger partial charge in [0.1, 0.15) is 12.7 Å². The fourth-order valence-corrected chi connectivity index (χ4v) is 3.49. The molecule has 0 radical (unpaired) electrons. The molecule has 1 aromatic heterocycles. The minimum Gasteiger partial charge on any atom is -0.457 e. The van der Waals surface area contributed by atoms with Crippen molar-refractivity contribution < 1.29 is 22.1 Å². The maximum Gasteiger partial charge on any atom is 0.300 e. The summed E-state index contributed by atoms with van der Waals surface area (Å²) >= 11 is 0. The number of hydrogen-bond donors (Lipinski definition) is 0. The topological polar surface area (TPSA) is 96.7 Å². The number of aryl methyl sites for hydroxylation is 1. The summed E-state index contributed by atoms with van der Waals surface area (Å²) in [6.07, 6.45) is -0.565. The highest BCUT2D eigenvalue weighted by molar-refractivity contribution is 7.86. The third-order valence-corrected chi connectivity index (χ3v) is 5.20. The van der Waals surface area contributed by atoms with Gasteiger partial charge >= 0.3 is 6.01 Å². The second kappa shape index (κ2) is 7.56. The highest BCUT2D eigenvalue weighted by Crippen LogP contribution is 2.22. The first-order chi connectivity index (χ1) is 12.4. The highest BCUT2D eigenvalue weighted by Gasteiger charge is 2.28. The highest BCUT2D eigenvalue weighted by atomic mass is 32.2. The van der Waals surface area contributed by atoms with Gasteiger partial charge in [-0.05, 0) is 26.0 Å². The number of fused-ring (bicyclic) bond motifs is 1. The van der Waals surface area contributed by atoms with E-state index in [-0.39, 0.29) is 24.1 Å². The molecule has 0 saturated heterocycles. The van der Waals surface area contributed by atoms with Crippen LogP contribution in [0.4, 0.5) is 0 Å². The van der Waals surface area contributed by atoms with Crippen LogP contribution in [0.25, 0.3) is 0 Å². The SMILES string of the molecule is CCOCc1cc(=O)nc2n1C[C@@H](COS(=O)(=O)c1ccc(C)cc1)O2. The van der Waals surface area contributed by atoms with Crippen molar-refractivity contribution in [2.75, 3.05) is 13.2 Å². The zero-order chi connectivity index (χ0) is 18.7. The van der Waals surface area contributed by atoms with Crippen molar-refractivity contribution in [1.82, 2.24) is 9.55 Å². The van der Waals surface area contributed by atoms with Gasteiger partial charge in [0, 0.05) is 12.7 Å². The monoisotopic (exact) mass is 380 g/mol. The summed E-state index contributed by atoms with van der Waals surface area (Å²) in [6.45, 7) is 4.63. The lowest BCUT2D eigenvalue weighted by Crippen LogP contribution is -2.24. The smallest absolute Gasteiger partial charge is 0.300 e. The van der Waals surface area contributed by atoms with E-state index in [0.29, 0.717) is 18.8 Å². The van der Waals surface area contributed by atoms with Crippen LogP contribution in [0.1, 0.15) is 18.2 Å². The molecule has 2 heterocycles. The van der Waals surface area contributed by atoms with Crippen LogP contribution in [0.2, 0.25) is 0 Å². The van der Waals surface area contributed by atoms with Crippen molar-refractivity contribution in [2.45, 2.75) is 38.0 Å². The molecule has 0 spiro atoms. The quantitative estimate of drug-likeness (QED) is 0.667. The summed E-state index contributed by atoms with van der Waals surface area (Å²) in [5.41, 5.74) is 1.15. The Morgan fingerprint density at radius 3 is 2.73 bits per heavy atom. The number of ether oxygens (including phenoxy) is 2. The largest absolute Gasteiger partial charge is 0.457 e. The van der Waals surface area contributed by atoms with Crippen LogP contribution in [-0.2, 0) is 32.2 Å². The molecule has 0 N–H and O–H groups in total. The zero-order valence-electron chi connectivity index (χ0n) is 14.5. The Balaban J connectivity index is 1.69. The number of rotatable bonds is 7. The van der Waals surface area contributed by atoms with Gasteiger partial charge in [0.15, 0.2) is 0 Å². The van der Waals surface area contributed by atoms with Crippen molar-refractivity contribution >= 4 is 10.1 Å². The van der Waals surface area contributed by atoms with Gasteiger partial charge in [0.25, 0.3) is 15.7 Å². The molecule has 2 aromatic rings. The van der Waals surface area contributed by atoms with Gasteiger partial charge in [-0.1, -0.05) is 17.7 Å². The maximum absolute atomic E-state index is 12.3. The molecule has 0 saturated carbocycles. The molecule has 9 heteroatoms. The summed E-state index contributed by atoms with van der Waals surface area (Å²) in [6, 6.07) is 7.93. The second-order valence-electron chi connectivity index (χ2n) is 5.91. The molecule has 8 nitrogen and oxygen atoms in total. The summed E-state index contributed by atoms with van der Waals surface area (Å²) < 4.78 is 42.3. The van der Waals surface area contributed by atoms with Gasteiger partial charge in [-0.3, -0.25) is 13.5 Å². The van der Waals surface area contributed by atoms with Crippen molar-refractivity contribution in [3.8, 4) is 6.01 Å². The molecule has 0 aliphatic carbocycles. The number of nitrogens with zero attached hydrogens (tertiary/aromatic N) is 2. The van der Waals surface area contributed by atoms with E-state index in [1.54, 1.807) is 16.7 Å². The number of benzene rings is 1. The Bertz CT molecular complexity index is 937. The van der Waals surface area contributed by atoms with Gasteiger partial charge in [0.2, 0.25) is 0 Å². The molecule has 26 heavy (non-hydrogen) atoms. The molecule has 0 bridgehead atoms. The molecule has 1 aliphatic heterocycles. The molecule has 1 atom stereocenters. The molecule has 1 aromatic carbocycles. The number of aromatic nitrogens is 2. The fourth-order valence-electron chi connectivity index (χ4n) is 2.56. The Labute approximate surface area is 151 Å². The summed E-state index contributed by atoms with van der Waals surface area (Å²) in [7, 11) is -3.88. The van der Waals surface area contributed by atoms with E-state index >= 15 is 0 Å².